The topological polar surface area (TPSA) is 43.8 Å². The van der Waals surface area contributed by atoms with Gasteiger partial charge in [0.25, 0.3) is 0 Å². The van der Waals surface area contributed by atoms with E-state index in [1.54, 1.807) is 16.9 Å². The molecule has 1 heterocycles. The SMILES string of the molecule is Nc1c(I)cnn1Cc1cc(Cl)cc(Cl)c1. The number of benzene rings is 1. The number of nitrogens with zero attached hydrogens (tertiary/aromatic N) is 2. The first-order chi connectivity index (χ1) is 7.56. The Morgan fingerprint density at radius 2 is 1.88 bits per heavy atom. The normalized spacial score (nSPS) is 10.7. The predicted molar refractivity (Wildman–Crippen MR) is 74.9 cm³/mol. The zero-order chi connectivity index (χ0) is 11.7. The van der Waals surface area contributed by atoms with Crippen LogP contribution in [-0.2, 0) is 6.54 Å². The summed E-state index contributed by atoms with van der Waals surface area (Å²) in [4.78, 5) is 0. The van der Waals surface area contributed by atoms with Gasteiger partial charge in [-0.3, -0.25) is 0 Å². The first-order valence-electron chi connectivity index (χ1n) is 4.48. The number of nitrogen functional groups attached to an aromatic ring is 1. The second kappa shape index (κ2) is 4.81. The van der Waals surface area contributed by atoms with Crippen molar-refractivity contribution in [3.63, 3.8) is 0 Å². The Balaban J connectivity index is 2.30. The summed E-state index contributed by atoms with van der Waals surface area (Å²) in [6.07, 6.45) is 1.72. The molecule has 16 heavy (non-hydrogen) atoms. The summed E-state index contributed by atoms with van der Waals surface area (Å²) in [5, 5.41) is 5.40. The molecule has 2 N–H and O–H groups in total. The Kier molecular flexibility index (Phi) is 3.61. The van der Waals surface area contributed by atoms with Crippen LogP contribution in [0.4, 0.5) is 5.82 Å². The van der Waals surface area contributed by atoms with Crippen molar-refractivity contribution < 1.29 is 0 Å². The maximum atomic E-state index is 5.91. The van der Waals surface area contributed by atoms with Gasteiger partial charge in [-0.15, -0.1) is 0 Å². The van der Waals surface area contributed by atoms with E-state index >= 15 is 0 Å². The van der Waals surface area contributed by atoms with Crippen LogP contribution in [0.15, 0.2) is 24.4 Å². The van der Waals surface area contributed by atoms with E-state index in [-0.39, 0.29) is 0 Å². The third-order valence-corrected chi connectivity index (χ3v) is 3.36. The number of halogens is 3. The predicted octanol–water partition coefficient (Wildman–Crippen LogP) is 3.43. The highest BCUT2D eigenvalue weighted by Crippen LogP contribution is 2.21. The number of anilines is 1. The van der Waals surface area contributed by atoms with Crippen molar-refractivity contribution in [3.05, 3.63) is 43.6 Å². The van der Waals surface area contributed by atoms with Crippen LogP contribution in [-0.4, -0.2) is 9.78 Å². The first kappa shape index (κ1) is 12.0. The van der Waals surface area contributed by atoms with E-state index in [2.05, 4.69) is 27.7 Å². The van der Waals surface area contributed by atoms with E-state index in [9.17, 15) is 0 Å². The number of rotatable bonds is 2. The van der Waals surface area contributed by atoms with E-state index < -0.39 is 0 Å². The summed E-state index contributed by atoms with van der Waals surface area (Å²) < 4.78 is 2.65. The molecule has 3 nitrogen and oxygen atoms in total. The number of hydrogen-bond acceptors (Lipinski definition) is 2. The third kappa shape index (κ3) is 2.61. The van der Waals surface area contributed by atoms with Crippen molar-refractivity contribution in [2.75, 3.05) is 5.73 Å². The van der Waals surface area contributed by atoms with Crippen LogP contribution >= 0.6 is 45.8 Å². The van der Waals surface area contributed by atoms with Gasteiger partial charge in [0, 0.05) is 10.0 Å². The molecule has 1 aromatic carbocycles. The Morgan fingerprint density at radius 3 is 2.38 bits per heavy atom. The highest BCUT2D eigenvalue weighted by molar-refractivity contribution is 14.1. The van der Waals surface area contributed by atoms with E-state index in [0.717, 1.165) is 9.13 Å². The van der Waals surface area contributed by atoms with Gasteiger partial charge in [0.05, 0.1) is 16.3 Å². The molecule has 0 atom stereocenters. The monoisotopic (exact) mass is 367 g/mol. The summed E-state index contributed by atoms with van der Waals surface area (Å²) in [5.41, 5.74) is 6.83. The van der Waals surface area contributed by atoms with E-state index in [1.807, 2.05) is 12.1 Å². The van der Waals surface area contributed by atoms with E-state index in [4.69, 9.17) is 28.9 Å². The van der Waals surface area contributed by atoms with Gasteiger partial charge in [-0.05, 0) is 46.4 Å². The lowest BCUT2D eigenvalue weighted by Gasteiger charge is -2.05. The van der Waals surface area contributed by atoms with Gasteiger partial charge in [0.15, 0.2) is 0 Å². The largest absolute Gasteiger partial charge is 0.383 e. The maximum Gasteiger partial charge on any atom is 0.135 e. The van der Waals surface area contributed by atoms with Crippen LogP contribution < -0.4 is 5.73 Å². The van der Waals surface area contributed by atoms with Gasteiger partial charge in [0.2, 0.25) is 0 Å². The van der Waals surface area contributed by atoms with E-state index in [1.165, 1.54) is 0 Å². The van der Waals surface area contributed by atoms with Crippen molar-refractivity contribution in [1.82, 2.24) is 9.78 Å². The minimum atomic E-state index is 0.565. The van der Waals surface area contributed by atoms with Crippen molar-refractivity contribution in [1.29, 1.82) is 0 Å². The number of nitrogens with two attached hydrogens (primary N) is 1. The molecule has 6 heteroatoms. The fourth-order valence-corrected chi connectivity index (χ4v) is 2.35. The Bertz CT molecular complexity index is 505. The fourth-order valence-electron chi connectivity index (χ4n) is 1.37. The number of aromatic nitrogens is 2. The van der Waals surface area contributed by atoms with Crippen LogP contribution in [0.3, 0.4) is 0 Å². The van der Waals surface area contributed by atoms with Gasteiger partial charge < -0.3 is 5.73 Å². The molecule has 0 saturated carbocycles. The molecule has 2 aromatic rings. The molecule has 1 aromatic heterocycles. The molecule has 0 amide bonds. The fraction of sp³-hybridized carbons (Fsp3) is 0.100. The highest BCUT2D eigenvalue weighted by Gasteiger charge is 2.06. The molecule has 0 unspecified atom stereocenters. The summed E-state index contributed by atoms with van der Waals surface area (Å²) in [7, 11) is 0. The Morgan fingerprint density at radius 1 is 1.25 bits per heavy atom. The average molecular weight is 368 g/mol. The van der Waals surface area contributed by atoms with Crippen LogP contribution in [0, 0.1) is 3.57 Å². The van der Waals surface area contributed by atoms with Gasteiger partial charge >= 0.3 is 0 Å². The summed E-state index contributed by atoms with van der Waals surface area (Å²) in [5.74, 6) is 0.650. The molecule has 0 saturated heterocycles. The minimum absolute atomic E-state index is 0.565. The summed E-state index contributed by atoms with van der Waals surface area (Å²) in [6, 6.07) is 5.39. The molecule has 0 bridgehead atoms. The lowest BCUT2D eigenvalue weighted by molar-refractivity contribution is 0.697. The molecule has 0 aliphatic carbocycles. The van der Waals surface area contributed by atoms with Crippen molar-refractivity contribution >= 4 is 51.6 Å². The van der Waals surface area contributed by atoms with Gasteiger partial charge in [-0.2, -0.15) is 5.10 Å². The molecule has 0 aliphatic heterocycles. The van der Waals surface area contributed by atoms with Crippen molar-refractivity contribution in [2.45, 2.75) is 6.54 Å². The molecule has 0 spiro atoms. The van der Waals surface area contributed by atoms with Crippen LogP contribution in [0.5, 0.6) is 0 Å². The molecular weight excluding hydrogens is 360 g/mol. The summed E-state index contributed by atoms with van der Waals surface area (Å²) in [6.45, 7) is 0.565. The molecule has 0 radical (unpaired) electrons. The van der Waals surface area contributed by atoms with Crippen LogP contribution in [0.2, 0.25) is 10.0 Å². The highest BCUT2D eigenvalue weighted by atomic mass is 127. The molecular formula is C10H8Cl2IN3. The molecule has 84 valence electrons. The maximum absolute atomic E-state index is 5.91. The second-order valence-corrected chi connectivity index (χ2v) is 5.35. The average Bonchev–Trinajstić information content (AvgIpc) is 2.48. The molecule has 2 rings (SSSR count). The smallest absolute Gasteiger partial charge is 0.135 e. The molecule has 0 fully saturated rings. The van der Waals surface area contributed by atoms with Gasteiger partial charge in [-0.1, -0.05) is 23.2 Å². The first-order valence-corrected chi connectivity index (χ1v) is 6.31. The molecule has 0 aliphatic rings. The number of hydrogen-bond donors (Lipinski definition) is 1. The lowest BCUT2D eigenvalue weighted by Crippen LogP contribution is -2.06. The van der Waals surface area contributed by atoms with Crippen molar-refractivity contribution in [3.8, 4) is 0 Å². The third-order valence-electron chi connectivity index (χ3n) is 2.09. The zero-order valence-electron chi connectivity index (χ0n) is 8.12. The second-order valence-electron chi connectivity index (χ2n) is 3.31. The van der Waals surface area contributed by atoms with Crippen LogP contribution in [0.25, 0.3) is 0 Å². The summed E-state index contributed by atoms with van der Waals surface area (Å²) >= 11 is 14.0. The van der Waals surface area contributed by atoms with Crippen molar-refractivity contribution in [2.24, 2.45) is 0 Å². The quantitative estimate of drug-likeness (QED) is 0.826. The zero-order valence-corrected chi connectivity index (χ0v) is 11.8. The standard InChI is InChI=1S/C10H8Cl2IN3/c11-7-1-6(2-8(12)3-7)5-16-10(14)9(13)4-15-16/h1-4H,5,14H2. The minimum Gasteiger partial charge on any atom is -0.383 e. The Labute approximate surface area is 117 Å². The van der Waals surface area contributed by atoms with Gasteiger partial charge in [0.1, 0.15) is 5.82 Å². The van der Waals surface area contributed by atoms with Gasteiger partial charge in [-0.25, -0.2) is 4.68 Å². The lowest BCUT2D eigenvalue weighted by atomic mass is 10.2. The van der Waals surface area contributed by atoms with E-state index in [0.29, 0.717) is 22.4 Å². The Hall–Kier alpha value is -0.460. The van der Waals surface area contributed by atoms with Crippen LogP contribution in [0.1, 0.15) is 5.56 Å².